The molecule has 0 saturated heterocycles. The third kappa shape index (κ3) is 4.27. The Morgan fingerprint density at radius 2 is 1.58 bits per heavy atom. The summed E-state index contributed by atoms with van der Waals surface area (Å²) in [6.45, 7) is 0. The van der Waals surface area contributed by atoms with Gasteiger partial charge in [-0.3, -0.25) is 9.78 Å². The van der Waals surface area contributed by atoms with Crippen molar-refractivity contribution >= 4 is 12.1 Å². The van der Waals surface area contributed by atoms with Crippen molar-refractivity contribution in [1.82, 2.24) is 10.4 Å². The van der Waals surface area contributed by atoms with E-state index in [0.29, 0.717) is 5.56 Å². The lowest BCUT2D eigenvalue weighted by Crippen LogP contribution is -2.17. The molecule has 0 aliphatic carbocycles. The van der Waals surface area contributed by atoms with Gasteiger partial charge in [0.05, 0.1) is 6.21 Å². The van der Waals surface area contributed by atoms with Gasteiger partial charge in [0, 0.05) is 18.0 Å². The van der Waals surface area contributed by atoms with Crippen molar-refractivity contribution in [2.24, 2.45) is 5.10 Å². The van der Waals surface area contributed by atoms with Crippen LogP contribution < -0.4 is 10.2 Å². The molecule has 0 bridgehead atoms. The summed E-state index contributed by atoms with van der Waals surface area (Å²) in [6, 6.07) is 20.2. The fourth-order valence-corrected chi connectivity index (χ4v) is 1.98. The van der Waals surface area contributed by atoms with Gasteiger partial charge in [-0.15, -0.1) is 0 Å². The Labute approximate surface area is 139 Å². The molecule has 5 nitrogen and oxygen atoms in total. The summed E-state index contributed by atoms with van der Waals surface area (Å²) in [5.41, 5.74) is 3.83. The van der Waals surface area contributed by atoms with Crippen molar-refractivity contribution < 1.29 is 9.53 Å². The SMILES string of the molecule is O=C(N/N=C\c1ccc(Oc2ccccc2)cc1)c1ccncc1. The summed E-state index contributed by atoms with van der Waals surface area (Å²) < 4.78 is 5.71. The first-order chi connectivity index (χ1) is 11.8. The van der Waals surface area contributed by atoms with E-state index in [2.05, 4.69) is 15.5 Å². The quantitative estimate of drug-likeness (QED) is 0.577. The number of carbonyl (C=O) groups excluding carboxylic acids is 1. The second-order valence-electron chi connectivity index (χ2n) is 4.92. The minimum absolute atomic E-state index is 0.280. The van der Waals surface area contributed by atoms with Gasteiger partial charge in [0.2, 0.25) is 0 Å². The average molecular weight is 317 g/mol. The van der Waals surface area contributed by atoms with Crippen LogP contribution in [0.1, 0.15) is 15.9 Å². The second kappa shape index (κ2) is 7.69. The van der Waals surface area contributed by atoms with Crippen molar-refractivity contribution in [3.05, 3.63) is 90.3 Å². The maximum absolute atomic E-state index is 11.8. The maximum Gasteiger partial charge on any atom is 0.271 e. The van der Waals surface area contributed by atoms with E-state index in [9.17, 15) is 4.79 Å². The average Bonchev–Trinajstić information content (AvgIpc) is 2.65. The number of hydrogen-bond acceptors (Lipinski definition) is 4. The maximum atomic E-state index is 11.8. The molecule has 0 saturated carbocycles. The van der Waals surface area contributed by atoms with Crippen LogP contribution in [0.25, 0.3) is 0 Å². The van der Waals surface area contributed by atoms with Crippen LogP contribution in [0, 0.1) is 0 Å². The lowest BCUT2D eigenvalue weighted by Gasteiger charge is -2.05. The molecule has 0 fully saturated rings. The summed E-state index contributed by atoms with van der Waals surface area (Å²) in [6.07, 6.45) is 4.69. The first kappa shape index (κ1) is 15.4. The smallest absolute Gasteiger partial charge is 0.271 e. The van der Waals surface area contributed by atoms with E-state index in [1.807, 2.05) is 54.6 Å². The number of nitrogens with zero attached hydrogens (tertiary/aromatic N) is 2. The third-order valence-electron chi connectivity index (χ3n) is 3.18. The van der Waals surface area contributed by atoms with Crippen molar-refractivity contribution in [1.29, 1.82) is 0 Å². The number of amides is 1. The van der Waals surface area contributed by atoms with Gasteiger partial charge < -0.3 is 4.74 Å². The number of aromatic nitrogens is 1. The molecule has 24 heavy (non-hydrogen) atoms. The van der Waals surface area contributed by atoms with Crippen LogP contribution in [0.4, 0.5) is 0 Å². The molecule has 3 rings (SSSR count). The molecule has 2 aromatic carbocycles. The highest BCUT2D eigenvalue weighted by Crippen LogP contribution is 2.20. The Balaban J connectivity index is 1.57. The topological polar surface area (TPSA) is 63.6 Å². The molecule has 5 heteroatoms. The predicted molar refractivity (Wildman–Crippen MR) is 92.3 cm³/mol. The minimum Gasteiger partial charge on any atom is -0.457 e. The molecular weight excluding hydrogens is 302 g/mol. The summed E-state index contributed by atoms with van der Waals surface area (Å²) in [4.78, 5) is 15.7. The first-order valence-corrected chi connectivity index (χ1v) is 7.38. The van der Waals surface area contributed by atoms with E-state index in [-0.39, 0.29) is 5.91 Å². The van der Waals surface area contributed by atoms with Gasteiger partial charge in [-0.1, -0.05) is 18.2 Å². The van der Waals surface area contributed by atoms with Gasteiger partial charge in [0.15, 0.2) is 0 Å². The summed E-state index contributed by atoms with van der Waals surface area (Å²) >= 11 is 0. The monoisotopic (exact) mass is 317 g/mol. The summed E-state index contributed by atoms with van der Waals surface area (Å²) in [7, 11) is 0. The Morgan fingerprint density at radius 1 is 0.917 bits per heavy atom. The Bertz CT molecular complexity index is 816. The van der Waals surface area contributed by atoms with E-state index in [1.165, 1.54) is 0 Å². The fraction of sp³-hybridized carbons (Fsp3) is 0. The van der Waals surface area contributed by atoms with Gasteiger partial charge in [0.1, 0.15) is 11.5 Å². The zero-order chi connectivity index (χ0) is 16.6. The number of pyridine rings is 1. The zero-order valence-electron chi connectivity index (χ0n) is 12.8. The highest BCUT2D eigenvalue weighted by molar-refractivity contribution is 5.94. The van der Waals surface area contributed by atoms with Gasteiger partial charge in [-0.25, -0.2) is 5.43 Å². The molecule has 0 aliphatic heterocycles. The van der Waals surface area contributed by atoms with Crippen LogP contribution in [0.2, 0.25) is 0 Å². The molecule has 0 atom stereocenters. The minimum atomic E-state index is -0.280. The largest absolute Gasteiger partial charge is 0.457 e. The number of rotatable bonds is 5. The van der Waals surface area contributed by atoms with Crippen LogP contribution in [0.15, 0.2) is 84.2 Å². The van der Waals surface area contributed by atoms with E-state index < -0.39 is 0 Å². The Hall–Kier alpha value is -3.47. The molecule has 3 aromatic rings. The van der Waals surface area contributed by atoms with E-state index in [1.54, 1.807) is 30.7 Å². The number of ether oxygens (including phenoxy) is 1. The zero-order valence-corrected chi connectivity index (χ0v) is 12.8. The van der Waals surface area contributed by atoms with Crippen molar-refractivity contribution in [2.45, 2.75) is 0 Å². The number of hydrogen-bond donors (Lipinski definition) is 1. The molecular formula is C19H15N3O2. The number of benzene rings is 2. The molecule has 0 spiro atoms. The molecule has 0 aliphatic rings. The van der Waals surface area contributed by atoms with Gasteiger partial charge in [-0.2, -0.15) is 5.10 Å². The van der Waals surface area contributed by atoms with Gasteiger partial charge >= 0.3 is 0 Å². The number of hydrazone groups is 1. The molecule has 1 heterocycles. The first-order valence-electron chi connectivity index (χ1n) is 7.38. The van der Waals surface area contributed by atoms with Crippen LogP contribution in [-0.2, 0) is 0 Å². The lowest BCUT2D eigenvalue weighted by molar-refractivity contribution is 0.0955. The van der Waals surface area contributed by atoms with E-state index in [0.717, 1.165) is 17.1 Å². The number of nitrogens with one attached hydrogen (secondary N) is 1. The summed E-state index contributed by atoms with van der Waals surface area (Å²) in [5, 5.41) is 3.95. The van der Waals surface area contributed by atoms with E-state index in [4.69, 9.17) is 4.74 Å². The normalized spacial score (nSPS) is 10.5. The van der Waals surface area contributed by atoms with Crippen molar-refractivity contribution in [3.8, 4) is 11.5 Å². The van der Waals surface area contributed by atoms with Crippen LogP contribution in [0.3, 0.4) is 0 Å². The fourth-order valence-electron chi connectivity index (χ4n) is 1.98. The predicted octanol–water partition coefficient (Wildman–Crippen LogP) is 3.64. The molecule has 0 unspecified atom stereocenters. The van der Waals surface area contributed by atoms with E-state index >= 15 is 0 Å². The Morgan fingerprint density at radius 3 is 2.29 bits per heavy atom. The summed E-state index contributed by atoms with van der Waals surface area (Å²) in [5.74, 6) is 1.24. The van der Waals surface area contributed by atoms with Crippen molar-refractivity contribution in [3.63, 3.8) is 0 Å². The van der Waals surface area contributed by atoms with Crippen LogP contribution in [-0.4, -0.2) is 17.1 Å². The van der Waals surface area contributed by atoms with Crippen LogP contribution in [0.5, 0.6) is 11.5 Å². The highest BCUT2D eigenvalue weighted by atomic mass is 16.5. The molecule has 1 aromatic heterocycles. The molecule has 118 valence electrons. The number of carbonyl (C=O) groups is 1. The van der Waals surface area contributed by atoms with Crippen molar-refractivity contribution in [2.75, 3.05) is 0 Å². The Kier molecular flexibility index (Phi) is 4.94. The molecule has 1 N–H and O–H groups in total. The standard InChI is InChI=1S/C19H15N3O2/c23-19(16-10-12-20-13-11-16)22-21-14-15-6-8-18(9-7-15)24-17-4-2-1-3-5-17/h1-14H,(H,22,23)/b21-14-. The third-order valence-corrected chi connectivity index (χ3v) is 3.18. The van der Waals surface area contributed by atoms with Gasteiger partial charge in [0.25, 0.3) is 5.91 Å². The van der Waals surface area contributed by atoms with Crippen LogP contribution >= 0.6 is 0 Å². The number of para-hydroxylation sites is 1. The second-order valence-corrected chi connectivity index (χ2v) is 4.92. The lowest BCUT2D eigenvalue weighted by atomic mass is 10.2. The van der Waals surface area contributed by atoms with Gasteiger partial charge in [-0.05, 0) is 54.1 Å². The molecule has 1 amide bonds. The molecule has 0 radical (unpaired) electrons. The highest BCUT2D eigenvalue weighted by Gasteiger charge is 2.02.